The first-order chi connectivity index (χ1) is 13.7. The molecule has 0 fully saturated rings. The highest BCUT2D eigenvalue weighted by Gasteiger charge is 2.38. The van der Waals surface area contributed by atoms with Gasteiger partial charge in [0.15, 0.2) is 11.6 Å². The Morgan fingerprint density at radius 1 is 1.21 bits per heavy atom. The van der Waals surface area contributed by atoms with Crippen LogP contribution in [0.15, 0.2) is 15.7 Å². The Morgan fingerprint density at radius 2 is 1.93 bits per heavy atom. The number of carboxylic acids is 1. The molecule has 0 spiro atoms. The maximum absolute atomic E-state index is 13.9. The van der Waals surface area contributed by atoms with Gasteiger partial charge in [-0.15, -0.1) is 11.3 Å². The molecule has 0 radical (unpaired) electrons. The number of halogens is 2. The third-order valence-corrected chi connectivity index (χ3v) is 6.68. The van der Waals surface area contributed by atoms with Crippen molar-refractivity contribution in [2.45, 2.75) is 64.2 Å². The minimum absolute atomic E-state index is 0.0495. The Kier molecular flexibility index (Phi) is 5.10. The van der Waals surface area contributed by atoms with Crippen LogP contribution in [-0.2, 0) is 28.9 Å². The van der Waals surface area contributed by atoms with E-state index in [1.165, 1.54) is 11.3 Å². The van der Waals surface area contributed by atoms with E-state index in [1.54, 1.807) is 6.92 Å². The highest BCUT2D eigenvalue weighted by molar-refractivity contribution is 7.12. The minimum Gasteiger partial charge on any atom is -0.478 e. The van der Waals surface area contributed by atoms with Crippen LogP contribution in [-0.4, -0.2) is 32.9 Å². The van der Waals surface area contributed by atoms with Crippen molar-refractivity contribution in [2.24, 2.45) is 0 Å². The van der Waals surface area contributed by atoms with Crippen LogP contribution >= 0.6 is 11.3 Å². The molecule has 6 nitrogen and oxygen atoms in total. The van der Waals surface area contributed by atoms with E-state index in [0.717, 1.165) is 18.4 Å². The van der Waals surface area contributed by atoms with Gasteiger partial charge in [-0.25, -0.2) is 13.6 Å². The summed E-state index contributed by atoms with van der Waals surface area (Å²) in [6.45, 7) is 1.66. The predicted octanol–water partition coefficient (Wildman–Crippen LogP) is 4.30. The van der Waals surface area contributed by atoms with Crippen LogP contribution in [0.1, 0.15) is 53.2 Å². The van der Waals surface area contributed by atoms with Gasteiger partial charge in [0.05, 0.1) is 5.56 Å². The number of carbonyl (C=O) groups excluding carboxylic acids is 1. The molecule has 0 aromatic carbocycles. The van der Waals surface area contributed by atoms with Crippen molar-refractivity contribution in [3.63, 3.8) is 0 Å². The lowest BCUT2D eigenvalue weighted by molar-refractivity contribution is -0.133. The van der Waals surface area contributed by atoms with Gasteiger partial charge in [-0.2, -0.15) is 4.98 Å². The van der Waals surface area contributed by atoms with E-state index in [1.807, 2.05) is 0 Å². The number of hydrogen-bond acceptors (Lipinski definition) is 6. The number of ketones is 1. The zero-order valence-corrected chi connectivity index (χ0v) is 16.7. The summed E-state index contributed by atoms with van der Waals surface area (Å²) in [4.78, 5) is 29.9. The Bertz CT molecular complexity index is 1020. The van der Waals surface area contributed by atoms with E-state index in [0.29, 0.717) is 39.6 Å². The third kappa shape index (κ3) is 3.88. The molecule has 9 heteroatoms. The van der Waals surface area contributed by atoms with E-state index in [4.69, 9.17) is 4.52 Å². The van der Waals surface area contributed by atoms with Gasteiger partial charge < -0.3 is 9.63 Å². The Labute approximate surface area is 169 Å². The number of aromatic nitrogens is 2. The number of aryl methyl sites for hydroxylation is 1. The number of rotatable bonds is 5. The van der Waals surface area contributed by atoms with Crippen LogP contribution in [0, 0.1) is 6.92 Å². The van der Waals surface area contributed by atoms with Gasteiger partial charge in [-0.05, 0) is 44.6 Å². The standard InChI is InChI=1S/C20H20F2N2O4S/c1-10-23-18(28-24-10)17-13-6-7-20(21,22)9-16(13)29-15(17)8-14(25)11-4-2-3-5-12(11)19(26)27/h2-9H2,1H3,(H,26,27). The highest BCUT2D eigenvalue weighted by Crippen LogP contribution is 2.44. The van der Waals surface area contributed by atoms with Gasteiger partial charge in [0.1, 0.15) is 0 Å². The molecule has 2 aromatic rings. The predicted molar refractivity (Wildman–Crippen MR) is 101 cm³/mol. The number of nitrogens with zero attached hydrogens (tertiary/aromatic N) is 2. The SMILES string of the molecule is Cc1noc(-c2c(CC(=O)C3=C(C(=O)O)CCCC3)sc3c2CCC(F)(F)C3)n1. The molecule has 2 heterocycles. The van der Waals surface area contributed by atoms with Crippen LogP contribution < -0.4 is 0 Å². The Hall–Kier alpha value is -2.42. The first kappa shape index (κ1) is 19.9. The van der Waals surface area contributed by atoms with Crippen LogP contribution in [0.25, 0.3) is 11.5 Å². The topological polar surface area (TPSA) is 93.3 Å². The van der Waals surface area contributed by atoms with Gasteiger partial charge in [0, 0.05) is 40.2 Å². The molecule has 154 valence electrons. The summed E-state index contributed by atoms with van der Waals surface area (Å²) in [6, 6.07) is 0. The number of carbonyl (C=O) groups is 2. The fourth-order valence-electron chi connectivity index (χ4n) is 4.08. The van der Waals surface area contributed by atoms with Gasteiger partial charge in [-0.3, -0.25) is 4.79 Å². The van der Waals surface area contributed by atoms with E-state index in [-0.39, 0.29) is 42.9 Å². The number of allylic oxidation sites excluding steroid dienone is 1. The molecule has 0 atom stereocenters. The summed E-state index contributed by atoms with van der Waals surface area (Å²) >= 11 is 1.17. The largest absolute Gasteiger partial charge is 0.478 e. The number of hydrogen-bond donors (Lipinski definition) is 1. The molecule has 1 N–H and O–H groups in total. The summed E-state index contributed by atoms with van der Waals surface area (Å²) in [7, 11) is 0. The Morgan fingerprint density at radius 3 is 2.59 bits per heavy atom. The van der Waals surface area contributed by atoms with Crippen molar-refractivity contribution in [2.75, 3.05) is 0 Å². The van der Waals surface area contributed by atoms with Crippen LogP contribution in [0.3, 0.4) is 0 Å². The molecule has 2 aliphatic carbocycles. The summed E-state index contributed by atoms with van der Waals surface area (Å²) in [5, 5.41) is 13.2. The molecule has 0 unspecified atom stereocenters. The van der Waals surface area contributed by atoms with Crippen molar-refractivity contribution in [1.82, 2.24) is 10.1 Å². The summed E-state index contributed by atoms with van der Waals surface area (Å²) < 4.78 is 33.2. The van der Waals surface area contributed by atoms with E-state index < -0.39 is 11.9 Å². The van der Waals surface area contributed by atoms with E-state index >= 15 is 0 Å². The zero-order valence-electron chi connectivity index (χ0n) is 15.9. The molecule has 2 aliphatic rings. The molecule has 4 rings (SSSR count). The van der Waals surface area contributed by atoms with Crippen molar-refractivity contribution in [1.29, 1.82) is 0 Å². The summed E-state index contributed by atoms with van der Waals surface area (Å²) in [5.74, 6) is -3.47. The quantitative estimate of drug-likeness (QED) is 0.772. The molecule has 0 bridgehead atoms. The molecular weight excluding hydrogens is 402 g/mol. The fraction of sp³-hybridized carbons (Fsp3) is 0.500. The van der Waals surface area contributed by atoms with Crippen molar-refractivity contribution in [3.05, 3.63) is 32.3 Å². The smallest absolute Gasteiger partial charge is 0.331 e. The van der Waals surface area contributed by atoms with Crippen molar-refractivity contribution in [3.8, 4) is 11.5 Å². The fourth-order valence-corrected chi connectivity index (χ4v) is 5.50. The second-order valence-electron chi connectivity index (χ2n) is 7.55. The molecule has 0 aliphatic heterocycles. The number of carboxylic acid groups (broad SMARTS) is 1. The monoisotopic (exact) mass is 422 g/mol. The average molecular weight is 422 g/mol. The maximum atomic E-state index is 13.9. The number of fused-ring (bicyclic) bond motifs is 1. The molecular formula is C20H20F2N2O4S. The van der Waals surface area contributed by atoms with Crippen LogP contribution in [0.5, 0.6) is 0 Å². The van der Waals surface area contributed by atoms with E-state index in [2.05, 4.69) is 10.1 Å². The Balaban J connectivity index is 1.75. The molecule has 0 saturated carbocycles. The molecule has 0 amide bonds. The van der Waals surface area contributed by atoms with Crippen molar-refractivity contribution < 1.29 is 28.0 Å². The molecule has 0 saturated heterocycles. The summed E-state index contributed by atoms with van der Waals surface area (Å²) in [5.41, 5.74) is 1.82. The second kappa shape index (κ2) is 7.44. The van der Waals surface area contributed by atoms with Gasteiger partial charge in [0.25, 0.3) is 11.8 Å². The average Bonchev–Trinajstić information content (AvgIpc) is 3.23. The number of alkyl halides is 2. The summed E-state index contributed by atoms with van der Waals surface area (Å²) in [6.07, 6.45) is 1.80. The normalized spacial score (nSPS) is 18.6. The van der Waals surface area contributed by atoms with Crippen molar-refractivity contribution >= 4 is 23.1 Å². The minimum atomic E-state index is -2.77. The lowest BCUT2D eigenvalue weighted by atomic mass is 9.87. The van der Waals surface area contributed by atoms with Gasteiger partial charge in [0.2, 0.25) is 0 Å². The first-order valence-electron chi connectivity index (χ1n) is 9.55. The van der Waals surface area contributed by atoms with Crippen LogP contribution in [0.4, 0.5) is 8.78 Å². The van der Waals surface area contributed by atoms with Gasteiger partial charge in [-0.1, -0.05) is 5.16 Å². The third-order valence-electron chi connectivity index (χ3n) is 5.45. The van der Waals surface area contributed by atoms with E-state index in [9.17, 15) is 23.5 Å². The number of thiophene rings is 1. The van der Waals surface area contributed by atoms with Gasteiger partial charge >= 0.3 is 5.97 Å². The zero-order chi connectivity index (χ0) is 20.8. The molecule has 2 aromatic heterocycles. The highest BCUT2D eigenvalue weighted by atomic mass is 32.1. The molecule has 29 heavy (non-hydrogen) atoms. The lowest BCUT2D eigenvalue weighted by Crippen LogP contribution is -2.24. The number of aliphatic carboxylic acids is 1. The lowest BCUT2D eigenvalue weighted by Gasteiger charge is -2.21. The first-order valence-corrected chi connectivity index (χ1v) is 10.4. The second-order valence-corrected chi connectivity index (χ2v) is 8.74. The maximum Gasteiger partial charge on any atom is 0.331 e. The number of Topliss-reactive ketones (excluding diaryl/α,β-unsaturated/α-hetero) is 1. The van der Waals surface area contributed by atoms with Crippen LogP contribution in [0.2, 0.25) is 0 Å².